The van der Waals surface area contributed by atoms with E-state index in [2.05, 4.69) is 35.2 Å². The summed E-state index contributed by atoms with van der Waals surface area (Å²) in [6.07, 6.45) is 3.03. The second-order valence-corrected chi connectivity index (χ2v) is 8.36. The van der Waals surface area contributed by atoms with E-state index in [9.17, 15) is 4.79 Å². The lowest BCUT2D eigenvalue weighted by Crippen LogP contribution is -2.47. The van der Waals surface area contributed by atoms with E-state index in [4.69, 9.17) is 21.3 Å². The zero-order valence-corrected chi connectivity index (χ0v) is 17.5. The summed E-state index contributed by atoms with van der Waals surface area (Å²) in [5.74, 6) is 0.602. The van der Waals surface area contributed by atoms with Crippen molar-refractivity contribution in [2.24, 2.45) is 0 Å². The van der Waals surface area contributed by atoms with Crippen molar-refractivity contribution < 1.29 is 9.53 Å². The maximum atomic E-state index is 12.6. The van der Waals surface area contributed by atoms with Gasteiger partial charge in [0, 0.05) is 48.4 Å². The van der Waals surface area contributed by atoms with Crippen molar-refractivity contribution in [3.05, 3.63) is 64.4 Å². The third-order valence-electron chi connectivity index (χ3n) is 5.77. The molecule has 5 nitrogen and oxygen atoms in total. The number of amides is 1. The van der Waals surface area contributed by atoms with E-state index in [0.717, 1.165) is 48.8 Å². The number of pyridine rings is 1. The molecule has 0 spiro atoms. The molecule has 2 aliphatic rings. The summed E-state index contributed by atoms with van der Waals surface area (Å²) in [5.41, 5.74) is 3.42. The summed E-state index contributed by atoms with van der Waals surface area (Å²) in [5, 5.41) is 0.754. The number of morpholine rings is 1. The summed E-state index contributed by atoms with van der Waals surface area (Å²) >= 11 is 5.99. The molecule has 0 bridgehead atoms. The molecule has 0 radical (unpaired) electrons. The number of nitrogens with zero attached hydrogens (tertiary/aromatic N) is 3. The van der Waals surface area contributed by atoms with Crippen molar-refractivity contribution in [1.82, 2.24) is 14.8 Å². The molecule has 1 aromatic heterocycles. The van der Waals surface area contributed by atoms with Crippen LogP contribution in [0, 0.1) is 0 Å². The van der Waals surface area contributed by atoms with E-state index in [0.29, 0.717) is 38.8 Å². The van der Waals surface area contributed by atoms with E-state index in [1.54, 1.807) is 0 Å². The van der Waals surface area contributed by atoms with Gasteiger partial charge in [-0.15, -0.1) is 0 Å². The van der Waals surface area contributed by atoms with Crippen LogP contribution < -0.4 is 0 Å². The quantitative estimate of drug-likeness (QED) is 0.754. The average molecular weight is 414 g/mol. The highest BCUT2D eigenvalue weighted by Gasteiger charge is 2.26. The molecule has 4 rings (SSSR count). The molecule has 2 fully saturated rings. The Balaban J connectivity index is 1.37. The summed E-state index contributed by atoms with van der Waals surface area (Å²) in [6, 6.07) is 14.3. The Bertz CT molecular complexity index is 821. The fraction of sp³-hybridized carbons (Fsp3) is 0.478. The monoisotopic (exact) mass is 413 g/mol. The first kappa shape index (κ1) is 20.3. The van der Waals surface area contributed by atoms with Crippen molar-refractivity contribution in [2.75, 3.05) is 45.9 Å². The number of hydrogen-bond donors (Lipinski definition) is 0. The van der Waals surface area contributed by atoms with Crippen LogP contribution in [0.4, 0.5) is 0 Å². The van der Waals surface area contributed by atoms with Gasteiger partial charge in [-0.05, 0) is 49.2 Å². The van der Waals surface area contributed by atoms with Gasteiger partial charge in [-0.25, -0.2) is 0 Å². The van der Waals surface area contributed by atoms with E-state index >= 15 is 0 Å². The van der Waals surface area contributed by atoms with Crippen molar-refractivity contribution in [3.8, 4) is 0 Å². The van der Waals surface area contributed by atoms with Gasteiger partial charge in [0.15, 0.2) is 0 Å². The molecule has 29 heavy (non-hydrogen) atoms. The Hall–Kier alpha value is -1.95. The lowest BCUT2D eigenvalue weighted by molar-refractivity contribution is -0.136. The zero-order chi connectivity index (χ0) is 20.1. The summed E-state index contributed by atoms with van der Waals surface area (Å²) < 4.78 is 5.35. The van der Waals surface area contributed by atoms with E-state index < -0.39 is 0 Å². The molecule has 1 atom stereocenters. The molecule has 2 saturated heterocycles. The smallest absolute Gasteiger partial charge is 0.236 e. The zero-order valence-electron chi connectivity index (χ0n) is 16.7. The molecule has 3 heterocycles. The number of ether oxygens (including phenoxy) is 1. The number of likely N-dealkylation sites (tertiary alicyclic amines) is 1. The van der Waals surface area contributed by atoms with Gasteiger partial charge in [0.2, 0.25) is 5.91 Å². The molecular formula is C23H28ClN3O2. The maximum absolute atomic E-state index is 12.6. The number of rotatable bonds is 5. The summed E-state index contributed by atoms with van der Waals surface area (Å²) in [6.45, 7) is 5.11. The molecule has 6 heteroatoms. The van der Waals surface area contributed by atoms with Crippen LogP contribution in [0.25, 0.3) is 0 Å². The lowest BCUT2D eigenvalue weighted by Gasteiger charge is -2.34. The van der Waals surface area contributed by atoms with Crippen LogP contribution >= 0.6 is 11.6 Å². The Kier molecular flexibility index (Phi) is 6.80. The van der Waals surface area contributed by atoms with Gasteiger partial charge < -0.3 is 9.64 Å². The molecule has 0 saturated carbocycles. The van der Waals surface area contributed by atoms with Crippen LogP contribution in [-0.4, -0.2) is 66.6 Å². The number of piperidine rings is 1. The first-order chi connectivity index (χ1) is 14.2. The van der Waals surface area contributed by atoms with E-state index in [1.807, 2.05) is 17.0 Å². The van der Waals surface area contributed by atoms with Crippen LogP contribution in [0.3, 0.4) is 0 Å². The highest BCUT2D eigenvalue weighted by molar-refractivity contribution is 6.30. The van der Waals surface area contributed by atoms with Gasteiger partial charge in [-0.1, -0.05) is 29.8 Å². The third-order valence-corrected chi connectivity index (χ3v) is 6.03. The number of hydrogen-bond acceptors (Lipinski definition) is 4. The Morgan fingerprint density at radius 3 is 2.69 bits per heavy atom. The normalized spacial score (nSPS) is 20.6. The number of carbonyl (C=O) groups is 1. The minimum Gasteiger partial charge on any atom is -0.378 e. The standard InChI is InChI=1S/C23H28ClN3O2/c24-20-8-6-18(7-9-20)15-21-4-1-5-22(25-21)19-3-2-10-26(16-19)17-23(28)27-11-13-29-14-12-27/h1,4-9,19H,2-3,10-17H2/t19-/m1/s1. The van der Waals surface area contributed by atoms with Crippen molar-refractivity contribution in [2.45, 2.75) is 25.2 Å². The Morgan fingerprint density at radius 2 is 1.90 bits per heavy atom. The topological polar surface area (TPSA) is 45.7 Å². The molecule has 1 aromatic carbocycles. The fourth-order valence-electron chi connectivity index (χ4n) is 4.18. The van der Waals surface area contributed by atoms with Crippen LogP contribution in [0.1, 0.15) is 35.7 Å². The lowest BCUT2D eigenvalue weighted by atomic mass is 9.94. The summed E-state index contributed by atoms with van der Waals surface area (Å²) in [7, 11) is 0. The second kappa shape index (κ2) is 9.70. The molecule has 2 aromatic rings. The molecule has 0 unspecified atom stereocenters. The minimum absolute atomic E-state index is 0.221. The molecular weight excluding hydrogens is 386 g/mol. The van der Waals surface area contributed by atoms with Gasteiger partial charge in [-0.3, -0.25) is 14.7 Å². The van der Waals surface area contributed by atoms with Crippen LogP contribution in [-0.2, 0) is 16.0 Å². The molecule has 154 valence electrons. The second-order valence-electron chi connectivity index (χ2n) is 7.92. The first-order valence-corrected chi connectivity index (χ1v) is 10.8. The first-order valence-electron chi connectivity index (χ1n) is 10.5. The van der Waals surface area contributed by atoms with Crippen molar-refractivity contribution in [1.29, 1.82) is 0 Å². The number of benzene rings is 1. The molecule has 2 aliphatic heterocycles. The maximum Gasteiger partial charge on any atom is 0.236 e. The van der Waals surface area contributed by atoms with Crippen LogP contribution in [0.2, 0.25) is 5.02 Å². The number of aromatic nitrogens is 1. The van der Waals surface area contributed by atoms with Gasteiger partial charge >= 0.3 is 0 Å². The van der Waals surface area contributed by atoms with Crippen molar-refractivity contribution >= 4 is 17.5 Å². The van der Waals surface area contributed by atoms with E-state index in [-0.39, 0.29) is 5.91 Å². The van der Waals surface area contributed by atoms with Crippen LogP contribution in [0.15, 0.2) is 42.5 Å². The predicted molar refractivity (Wildman–Crippen MR) is 114 cm³/mol. The van der Waals surface area contributed by atoms with Gasteiger partial charge in [0.1, 0.15) is 0 Å². The largest absolute Gasteiger partial charge is 0.378 e. The molecule has 0 aliphatic carbocycles. The third kappa shape index (κ3) is 5.56. The van der Waals surface area contributed by atoms with Gasteiger partial charge in [0.05, 0.1) is 19.8 Å². The molecule has 1 amide bonds. The molecule has 0 N–H and O–H groups in total. The highest BCUT2D eigenvalue weighted by atomic mass is 35.5. The fourth-order valence-corrected chi connectivity index (χ4v) is 4.31. The number of carbonyl (C=O) groups excluding carboxylic acids is 1. The SMILES string of the molecule is O=C(CN1CCC[C@@H](c2cccc(Cc3ccc(Cl)cc3)n2)C1)N1CCOCC1. The minimum atomic E-state index is 0.221. The average Bonchev–Trinajstić information content (AvgIpc) is 2.76. The van der Waals surface area contributed by atoms with Crippen molar-refractivity contribution in [3.63, 3.8) is 0 Å². The number of halogens is 1. The van der Waals surface area contributed by atoms with E-state index in [1.165, 1.54) is 5.56 Å². The predicted octanol–water partition coefficient (Wildman–Crippen LogP) is 3.36. The Labute approximate surface area is 177 Å². The summed E-state index contributed by atoms with van der Waals surface area (Å²) in [4.78, 5) is 21.8. The Morgan fingerprint density at radius 1 is 1.10 bits per heavy atom. The van der Waals surface area contributed by atoms with Gasteiger partial charge in [0.25, 0.3) is 0 Å². The van der Waals surface area contributed by atoms with Crippen LogP contribution in [0.5, 0.6) is 0 Å². The van der Waals surface area contributed by atoms with Gasteiger partial charge in [-0.2, -0.15) is 0 Å². The highest BCUT2D eigenvalue weighted by Crippen LogP contribution is 2.26.